The van der Waals surface area contributed by atoms with Crippen LogP contribution in [0.25, 0.3) is 0 Å². The van der Waals surface area contributed by atoms with Crippen molar-refractivity contribution in [1.29, 1.82) is 0 Å². The summed E-state index contributed by atoms with van der Waals surface area (Å²) in [7, 11) is 0. The Kier molecular flexibility index (Phi) is 4.28. The largest absolute Gasteiger partial charge is 0.506 e. The number of amides is 1. The molecule has 0 saturated carbocycles. The molecular formula is C15H12BrNO4. The molecule has 21 heavy (non-hydrogen) atoms. The number of carboxylic acids is 1. The number of carbonyl (C=O) groups excluding carboxylic acids is 1. The highest BCUT2D eigenvalue weighted by Gasteiger charge is 2.13. The number of carbonyl (C=O) groups is 2. The van der Waals surface area contributed by atoms with E-state index in [0.29, 0.717) is 10.0 Å². The first-order valence-corrected chi connectivity index (χ1v) is 6.81. The Morgan fingerprint density at radius 1 is 1.14 bits per heavy atom. The second-order valence-corrected chi connectivity index (χ2v) is 5.33. The van der Waals surface area contributed by atoms with Gasteiger partial charge in [0.1, 0.15) is 5.75 Å². The summed E-state index contributed by atoms with van der Waals surface area (Å²) in [4.78, 5) is 22.9. The number of benzene rings is 2. The van der Waals surface area contributed by atoms with Gasteiger partial charge in [-0.25, -0.2) is 4.79 Å². The molecule has 2 aromatic rings. The SMILES string of the molecule is Cc1ccc(C(=O)Nc2ccc(C(=O)O)cc2O)c(Br)c1. The number of nitrogens with one attached hydrogen (secondary N) is 1. The van der Waals surface area contributed by atoms with Crippen molar-refractivity contribution in [2.24, 2.45) is 0 Å². The van der Waals surface area contributed by atoms with Crippen LogP contribution in [0.15, 0.2) is 40.9 Å². The van der Waals surface area contributed by atoms with E-state index in [0.717, 1.165) is 11.6 Å². The monoisotopic (exact) mass is 349 g/mol. The minimum absolute atomic E-state index is 0.0537. The van der Waals surface area contributed by atoms with Crippen molar-refractivity contribution in [2.45, 2.75) is 6.92 Å². The van der Waals surface area contributed by atoms with Crippen molar-refractivity contribution in [2.75, 3.05) is 5.32 Å². The number of halogens is 1. The lowest BCUT2D eigenvalue weighted by Crippen LogP contribution is -2.13. The zero-order chi connectivity index (χ0) is 15.6. The molecule has 0 saturated heterocycles. The number of hydrogen-bond donors (Lipinski definition) is 3. The lowest BCUT2D eigenvalue weighted by Gasteiger charge is -2.09. The predicted molar refractivity (Wildman–Crippen MR) is 81.9 cm³/mol. The maximum atomic E-state index is 12.1. The number of aromatic carboxylic acids is 1. The fourth-order valence-corrected chi connectivity index (χ4v) is 2.44. The zero-order valence-corrected chi connectivity index (χ0v) is 12.6. The van der Waals surface area contributed by atoms with Crippen LogP contribution in [0.1, 0.15) is 26.3 Å². The molecule has 5 nitrogen and oxygen atoms in total. The number of aryl methyl sites for hydroxylation is 1. The maximum Gasteiger partial charge on any atom is 0.335 e. The summed E-state index contributed by atoms with van der Waals surface area (Å²) < 4.78 is 0.640. The Morgan fingerprint density at radius 2 is 1.86 bits per heavy atom. The Hall–Kier alpha value is -2.34. The van der Waals surface area contributed by atoms with Crippen molar-refractivity contribution in [3.05, 3.63) is 57.6 Å². The van der Waals surface area contributed by atoms with Crippen LogP contribution in [-0.2, 0) is 0 Å². The normalized spacial score (nSPS) is 10.2. The molecule has 0 bridgehead atoms. The first-order valence-electron chi connectivity index (χ1n) is 6.02. The maximum absolute atomic E-state index is 12.1. The van der Waals surface area contributed by atoms with Gasteiger partial charge in [-0.2, -0.15) is 0 Å². The van der Waals surface area contributed by atoms with E-state index < -0.39 is 11.9 Å². The molecule has 1 amide bonds. The van der Waals surface area contributed by atoms with Gasteiger partial charge in [-0.15, -0.1) is 0 Å². The standard InChI is InChI=1S/C15H12BrNO4/c1-8-2-4-10(11(16)6-8)14(19)17-12-5-3-9(15(20)21)7-13(12)18/h2-7,18H,1H3,(H,17,19)(H,20,21). The third-order valence-corrected chi connectivity index (χ3v) is 3.52. The van der Waals surface area contributed by atoms with Crippen LogP contribution >= 0.6 is 15.9 Å². The summed E-state index contributed by atoms with van der Waals surface area (Å²) in [6.45, 7) is 1.91. The van der Waals surface area contributed by atoms with Gasteiger partial charge in [0.25, 0.3) is 5.91 Å². The molecule has 2 rings (SSSR count). The van der Waals surface area contributed by atoms with Gasteiger partial charge in [-0.05, 0) is 58.7 Å². The van der Waals surface area contributed by atoms with E-state index in [-0.39, 0.29) is 17.0 Å². The van der Waals surface area contributed by atoms with E-state index in [1.165, 1.54) is 12.1 Å². The summed E-state index contributed by atoms with van der Waals surface area (Å²) in [6.07, 6.45) is 0. The number of phenolic OH excluding ortho intramolecular Hbond substituents is 1. The van der Waals surface area contributed by atoms with Crippen molar-refractivity contribution in [3.8, 4) is 5.75 Å². The second-order valence-electron chi connectivity index (χ2n) is 4.47. The number of hydrogen-bond acceptors (Lipinski definition) is 3. The Morgan fingerprint density at radius 3 is 2.43 bits per heavy atom. The summed E-state index contributed by atoms with van der Waals surface area (Å²) >= 11 is 3.31. The average Bonchev–Trinajstić information content (AvgIpc) is 2.40. The number of anilines is 1. The first-order chi connectivity index (χ1) is 9.88. The zero-order valence-electron chi connectivity index (χ0n) is 11.1. The third-order valence-electron chi connectivity index (χ3n) is 2.86. The van der Waals surface area contributed by atoms with Gasteiger partial charge < -0.3 is 15.5 Å². The van der Waals surface area contributed by atoms with Crippen LogP contribution in [0.5, 0.6) is 5.75 Å². The van der Waals surface area contributed by atoms with Gasteiger partial charge in [0, 0.05) is 4.47 Å². The van der Waals surface area contributed by atoms with E-state index >= 15 is 0 Å². The fourth-order valence-electron chi connectivity index (χ4n) is 1.76. The molecule has 108 valence electrons. The molecule has 0 aliphatic rings. The van der Waals surface area contributed by atoms with Crippen LogP contribution in [0, 0.1) is 6.92 Å². The summed E-state index contributed by atoms with van der Waals surface area (Å²) in [5.74, 6) is -1.85. The van der Waals surface area contributed by atoms with Crippen LogP contribution in [0.3, 0.4) is 0 Å². The van der Waals surface area contributed by atoms with E-state index in [1.807, 2.05) is 13.0 Å². The fraction of sp³-hybridized carbons (Fsp3) is 0.0667. The molecule has 6 heteroatoms. The molecule has 0 spiro atoms. The van der Waals surface area contributed by atoms with Gasteiger partial charge in [-0.1, -0.05) is 6.07 Å². The third kappa shape index (κ3) is 3.41. The number of aromatic hydroxyl groups is 1. The lowest BCUT2D eigenvalue weighted by atomic mass is 10.1. The van der Waals surface area contributed by atoms with Crippen molar-refractivity contribution in [1.82, 2.24) is 0 Å². The first kappa shape index (κ1) is 15.1. The molecule has 0 heterocycles. The molecule has 0 radical (unpaired) electrons. The van der Waals surface area contributed by atoms with Crippen LogP contribution in [0.4, 0.5) is 5.69 Å². The predicted octanol–water partition coefficient (Wildman–Crippen LogP) is 3.41. The quantitative estimate of drug-likeness (QED) is 0.741. The van der Waals surface area contributed by atoms with E-state index in [9.17, 15) is 14.7 Å². The minimum Gasteiger partial charge on any atom is -0.506 e. The number of carboxylic acid groups (broad SMARTS) is 1. The smallest absolute Gasteiger partial charge is 0.335 e. The van der Waals surface area contributed by atoms with Crippen molar-refractivity contribution < 1.29 is 19.8 Å². The van der Waals surface area contributed by atoms with Gasteiger partial charge >= 0.3 is 5.97 Å². The van der Waals surface area contributed by atoms with Gasteiger partial charge in [0.2, 0.25) is 0 Å². The molecule has 0 unspecified atom stereocenters. The van der Waals surface area contributed by atoms with Gasteiger partial charge in [0.05, 0.1) is 16.8 Å². The molecule has 3 N–H and O–H groups in total. The highest BCUT2D eigenvalue weighted by Crippen LogP contribution is 2.26. The van der Waals surface area contributed by atoms with Crippen molar-refractivity contribution >= 4 is 33.5 Å². The molecule has 2 aromatic carbocycles. The number of rotatable bonds is 3. The topological polar surface area (TPSA) is 86.6 Å². The molecule has 0 aliphatic heterocycles. The molecule has 0 aromatic heterocycles. The highest BCUT2D eigenvalue weighted by atomic mass is 79.9. The number of phenols is 1. The summed E-state index contributed by atoms with van der Waals surface area (Å²) in [6, 6.07) is 9.01. The van der Waals surface area contributed by atoms with Crippen LogP contribution in [-0.4, -0.2) is 22.1 Å². The average molecular weight is 350 g/mol. The Labute approximate surface area is 129 Å². The van der Waals surface area contributed by atoms with E-state index in [1.54, 1.807) is 12.1 Å². The molecular weight excluding hydrogens is 338 g/mol. The van der Waals surface area contributed by atoms with E-state index in [4.69, 9.17) is 5.11 Å². The minimum atomic E-state index is -1.15. The van der Waals surface area contributed by atoms with Crippen LogP contribution in [0.2, 0.25) is 0 Å². The Bertz CT molecular complexity index is 728. The lowest BCUT2D eigenvalue weighted by molar-refractivity contribution is 0.0696. The highest BCUT2D eigenvalue weighted by molar-refractivity contribution is 9.10. The molecule has 0 fully saturated rings. The molecule has 0 atom stereocenters. The van der Waals surface area contributed by atoms with Crippen LogP contribution < -0.4 is 5.32 Å². The van der Waals surface area contributed by atoms with Crippen molar-refractivity contribution in [3.63, 3.8) is 0 Å². The summed E-state index contributed by atoms with van der Waals surface area (Å²) in [5.41, 5.74) is 1.52. The second kappa shape index (κ2) is 5.97. The van der Waals surface area contributed by atoms with Gasteiger partial charge in [0.15, 0.2) is 0 Å². The van der Waals surface area contributed by atoms with Gasteiger partial charge in [-0.3, -0.25) is 4.79 Å². The summed E-state index contributed by atoms with van der Waals surface area (Å²) in [5, 5.41) is 21.1. The Balaban J connectivity index is 2.25. The van der Waals surface area contributed by atoms with E-state index in [2.05, 4.69) is 21.2 Å². The molecule has 0 aliphatic carbocycles.